The SMILES string of the molecule is C[Si](C)(C)N1C(=O)c2cccc3cccc(c23)C1=O. The molecule has 0 aromatic heterocycles. The highest BCUT2D eigenvalue weighted by Gasteiger charge is 2.39. The van der Waals surface area contributed by atoms with Crippen molar-refractivity contribution in [2.45, 2.75) is 19.6 Å². The van der Waals surface area contributed by atoms with Crippen LogP contribution in [0.25, 0.3) is 10.8 Å². The second-order valence-electron chi connectivity index (χ2n) is 5.83. The Balaban J connectivity index is 2.38. The molecule has 2 aromatic carbocycles. The average molecular weight is 269 g/mol. The first-order valence-electron chi connectivity index (χ1n) is 6.32. The second kappa shape index (κ2) is 3.77. The van der Waals surface area contributed by atoms with Crippen LogP contribution in [0.3, 0.4) is 0 Å². The topological polar surface area (TPSA) is 37.4 Å². The van der Waals surface area contributed by atoms with E-state index in [-0.39, 0.29) is 11.8 Å². The van der Waals surface area contributed by atoms with Gasteiger partial charge in [-0.15, -0.1) is 0 Å². The first-order valence-corrected chi connectivity index (χ1v) is 9.76. The number of hydrogen-bond donors (Lipinski definition) is 0. The van der Waals surface area contributed by atoms with E-state index in [0.29, 0.717) is 11.1 Å². The maximum absolute atomic E-state index is 12.6. The van der Waals surface area contributed by atoms with Gasteiger partial charge in [-0.3, -0.25) is 9.59 Å². The molecule has 0 spiro atoms. The van der Waals surface area contributed by atoms with Crippen LogP contribution in [-0.4, -0.2) is 24.6 Å². The third kappa shape index (κ3) is 1.63. The van der Waals surface area contributed by atoms with Crippen molar-refractivity contribution in [3.63, 3.8) is 0 Å². The van der Waals surface area contributed by atoms with Gasteiger partial charge in [-0.1, -0.05) is 43.9 Å². The van der Waals surface area contributed by atoms with E-state index in [1.807, 2.05) is 56.0 Å². The van der Waals surface area contributed by atoms with Gasteiger partial charge >= 0.3 is 0 Å². The number of benzene rings is 2. The van der Waals surface area contributed by atoms with Crippen LogP contribution in [0, 0.1) is 0 Å². The summed E-state index contributed by atoms with van der Waals surface area (Å²) in [7, 11) is -2.03. The predicted octanol–water partition coefficient (Wildman–Crippen LogP) is 3.27. The first kappa shape index (κ1) is 12.1. The summed E-state index contributed by atoms with van der Waals surface area (Å²) in [5.41, 5.74) is 1.30. The normalized spacial score (nSPS) is 15.2. The molecule has 96 valence electrons. The van der Waals surface area contributed by atoms with E-state index in [0.717, 1.165) is 10.8 Å². The minimum absolute atomic E-state index is 0.145. The fourth-order valence-corrected chi connectivity index (χ4v) is 4.10. The van der Waals surface area contributed by atoms with Crippen LogP contribution >= 0.6 is 0 Å². The number of nitrogens with zero attached hydrogens (tertiary/aromatic N) is 1. The molecule has 0 radical (unpaired) electrons. The molecule has 19 heavy (non-hydrogen) atoms. The largest absolute Gasteiger partial charge is 0.304 e. The van der Waals surface area contributed by atoms with Crippen LogP contribution in [0.15, 0.2) is 36.4 Å². The molecule has 2 aromatic rings. The first-order chi connectivity index (χ1) is 8.91. The summed E-state index contributed by atoms with van der Waals surface area (Å²) in [6.07, 6.45) is 0. The Bertz CT molecular complexity index is 665. The molecule has 2 amide bonds. The molecular weight excluding hydrogens is 254 g/mol. The molecule has 4 heteroatoms. The van der Waals surface area contributed by atoms with Gasteiger partial charge in [-0.05, 0) is 17.5 Å². The maximum Gasteiger partial charge on any atom is 0.253 e. The van der Waals surface area contributed by atoms with Crippen molar-refractivity contribution in [1.82, 2.24) is 4.57 Å². The van der Waals surface area contributed by atoms with Gasteiger partial charge < -0.3 is 4.57 Å². The summed E-state index contributed by atoms with van der Waals surface area (Å²) in [6, 6.07) is 11.2. The van der Waals surface area contributed by atoms with E-state index >= 15 is 0 Å². The third-order valence-electron chi connectivity index (χ3n) is 3.44. The summed E-state index contributed by atoms with van der Waals surface area (Å²) >= 11 is 0. The van der Waals surface area contributed by atoms with E-state index in [9.17, 15) is 9.59 Å². The van der Waals surface area contributed by atoms with Gasteiger partial charge in [0.15, 0.2) is 8.24 Å². The summed E-state index contributed by atoms with van der Waals surface area (Å²) in [5, 5.41) is 1.75. The zero-order chi connectivity index (χ0) is 13.8. The number of carbonyl (C=O) groups is 2. The van der Waals surface area contributed by atoms with Gasteiger partial charge in [-0.2, -0.15) is 0 Å². The van der Waals surface area contributed by atoms with E-state index < -0.39 is 8.24 Å². The quantitative estimate of drug-likeness (QED) is 0.588. The molecule has 3 nitrogen and oxygen atoms in total. The van der Waals surface area contributed by atoms with E-state index in [4.69, 9.17) is 0 Å². The minimum atomic E-state index is -2.03. The van der Waals surface area contributed by atoms with Crippen LogP contribution in [0.2, 0.25) is 19.6 Å². The smallest absolute Gasteiger partial charge is 0.253 e. The van der Waals surface area contributed by atoms with E-state index in [2.05, 4.69) is 0 Å². The second-order valence-corrected chi connectivity index (χ2v) is 10.6. The fraction of sp³-hybridized carbons (Fsp3) is 0.200. The Hall–Kier alpha value is -1.94. The zero-order valence-corrected chi connectivity index (χ0v) is 12.2. The number of hydrogen-bond acceptors (Lipinski definition) is 2. The highest BCUT2D eigenvalue weighted by molar-refractivity contribution is 6.79. The summed E-state index contributed by atoms with van der Waals surface area (Å²) in [5.74, 6) is -0.290. The average Bonchev–Trinajstić information content (AvgIpc) is 2.34. The molecule has 0 unspecified atom stereocenters. The summed E-state index contributed by atoms with van der Waals surface area (Å²) in [6.45, 7) is 6.03. The van der Waals surface area contributed by atoms with Crippen molar-refractivity contribution in [1.29, 1.82) is 0 Å². The molecular formula is C15H15NO2Si. The van der Waals surface area contributed by atoms with Crippen LogP contribution in [0.4, 0.5) is 0 Å². The van der Waals surface area contributed by atoms with Gasteiger partial charge in [0, 0.05) is 16.5 Å². The number of amides is 2. The molecule has 1 aliphatic rings. The molecule has 0 fully saturated rings. The van der Waals surface area contributed by atoms with Crippen molar-refractivity contribution < 1.29 is 9.59 Å². The number of imide groups is 1. The highest BCUT2D eigenvalue weighted by atomic mass is 28.3. The Labute approximate surface area is 112 Å². The molecule has 0 N–H and O–H groups in total. The Morgan fingerprint density at radius 3 is 1.74 bits per heavy atom. The van der Waals surface area contributed by atoms with Crippen molar-refractivity contribution in [2.75, 3.05) is 0 Å². The number of rotatable bonds is 1. The Kier molecular flexibility index (Phi) is 2.41. The lowest BCUT2D eigenvalue weighted by Gasteiger charge is -2.35. The van der Waals surface area contributed by atoms with Gasteiger partial charge in [0.05, 0.1) is 0 Å². The zero-order valence-electron chi connectivity index (χ0n) is 11.2. The molecule has 0 aliphatic carbocycles. The lowest BCUT2D eigenvalue weighted by atomic mass is 9.95. The predicted molar refractivity (Wildman–Crippen MR) is 77.8 cm³/mol. The molecule has 0 bridgehead atoms. The van der Waals surface area contributed by atoms with E-state index in [1.54, 1.807) is 0 Å². The Morgan fingerprint density at radius 1 is 0.842 bits per heavy atom. The molecule has 0 saturated heterocycles. The molecule has 0 atom stereocenters. The monoisotopic (exact) mass is 269 g/mol. The van der Waals surface area contributed by atoms with Gasteiger partial charge in [0.25, 0.3) is 11.8 Å². The molecule has 0 saturated carbocycles. The van der Waals surface area contributed by atoms with Crippen LogP contribution in [0.5, 0.6) is 0 Å². The molecule has 1 aliphatic heterocycles. The minimum Gasteiger partial charge on any atom is -0.304 e. The molecule has 3 rings (SSSR count). The van der Waals surface area contributed by atoms with Crippen molar-refractivity contribution in [2.24, 2.45) is 0 Å². The molecule has 1 heterocycles. The van der Waals surface area contributed by atoms with E-state index in [1.165, 1.54) is 4.57 Å². The van der Waals surface area contributed by atoms with Crippen LogP contribution < -0.4 is 0 Å². The van der Waals surface area contributed by atoms with Gasteiger partial charge in [0.1, 0.15) is 0 Å². The van der Waals surface area contributed by atoms with Crippen LogP contribution in [0.1, 0.15) is 20.7 Å². The van der Waals surface area contributed by atoms with Gasteiger partial charge in [0.2, 0.25) is 0 Å². The van der Waals surface area contributed by atoms with Crippen molar-refractivity contribution >= 4 is 30.8 Å². The van der Waals surface area contributed by atoms with Crippen molar-refractivity contribution in [3.05, 3.63) is 47.5 Å². The highest BCUT2D eigenvalue weighted by Crippen LogP contribution is 2.32. The van der Waals surface area contributed by atoms with Gasteiger partial charge in [-0.25, -0.2) is 0 Å². The lowest BCUT2D eigenvalue weighted by molar-refractivity contribution is 0.0713. The maximum atomic E-state index is 12.6. The number of carbonyl (C=O) groups excluding carboxylic acids is 2. The van der Waals surface area contributed by atoms with Crippen molar-refractivity contribution in [3.8, 4) is 0 Å². The summed E-state index contributed by atoms with van der Waals surface area (Å²) in [4.78, 5) is 25.2. The summed E-state index contributed by atoms with van der Waals surface area (Å²) < 4.78 is 1.49. The third-order valence-corrected chi connectivity index (χ3v) is 5.19. The van der Waals surface area contributed by atoms with Crippen LogP contribution in [-0.2, 0) is 0 Å². The fourth-order valence-electron chi connectivity index (χ4n) is 2.64. The lowest BCUT2D eigenvalue weighted by Crippen LogP contribution is -2.54. The standard InChI is InChI=1S/C15H15NO2Si/c1-19(2,3)16-14(17)11-8-4-6-10-7-5-9-12(13(10)11)15(16)18/h4-9H,1-3H3. The Morgan fingerprint density at radius 2 is 1.32 bits per heavy atom.